The number of amides is 1. The number of carbonyl (C=O) groups excluding carboxylic acids is 1. The number of allylic oxidation sites excluding steroid dienone is 1. The van der Waals surface area contributed by atoms with Gasteiger partial charge in [0.2, 0.25) is 5.90 Å². The Bertz CT molecular complexity index is 927. The lowest BCUT2D eigenvalue weighted by Crippen LogP contribution is -2.41. The molecule has 4 rings (SSSR count). The molecule has 0 radical (unpaired) electrons. The van der Waals surface area contributed by atoms with E-state index in [0.29, 0.717) is 29.8 Å². The molecule has 4 unspecified atom stereocenters. The number of nitrogens with zero attached hydrogens (tertiary/aromatic N) is 3. The summed E-state index contributed by atoms with van der Waals surface area (Å²) in [7, 11) is 0. The van der Waals surface area contributed by atoms with Crippen LogP contribution in [-0.4, -0.2) is 78.2 Å². The summed E-state index contributed by atoms with van der Waals surface area (Å²) in [5.41, 5.74) is 1.77. The highest BCUT2D eigenvalue weighted by Crippen LogP contribution is 2.35. The Morgan fingerprint density at radius 2 is 2.03 bits per heavy atom. The van der Waals surface area contributed by atoms with E-state index in [0.717, 1.165) is 0 Å². The topological polar surface area (TPSA) is 101 Å². The summed E-state index contributed by atoms with van der Waals surface area (Å²) in [5, 5.41) is 9.03. The van der Waals surface area contributed by atoms with E-state index >= 15 is 0 Å². The number of hydrogen-bond donors (Lipinski definition) is 1. The standard InChI is InChI=1S/C20H20F3N3O5/c21-10-1-3-13(15(7-10)30-20(28)29)17-14-9-26(18(27)12(14)5-6-24-17)11-2-4-16(25-8-11)31-19(22)23/h1-4,10-11,13,15,19H,5-9H2,(H,28,29). The van der Waals surface area contributed by atoms with Gasteiger partial charge in [0.15, 0.2) is 0 Å². The molecule has 0 bridgehead atoms. The number of aliphatic imine (C=N–C) groups is 2. The third-order valence-electron chi connectivity index (χ3n) is 5.62. The van der Waals surface area contributed by atoms with Crippen LogP contribution in [0.4, 0.5) is 18.0 Å². The van der Waals surface area contributed by atoms with Crippen molar-refractivity contribution in [3.8, 4) is 0 Å². The van der Waals surface area contributed by atoms with E-state index in [2.05, 4.69) is 14.7 Å². The number of dihydropyridines is 2. The minimum Gasteiger partial charge on any atom is -0.450 e. The molecule has 4 atom stereocenters. The number of carboxylic acid groups (broad SMARTS) is 1. The molecular formula is C20H20F3N3O5. The van der Waals surface area contributed by atoms with Crippen molar-refractivity contribution in [2.45, 2.75) is 37.8 Å². The average molecular weight is 439 g/mol. The van der Waals surface area contributed by atoms with Crippen LogP contribution in [0.5, 0.6) is 0 Å². The molecule has 11 heteroatoms. The maximum absolute atomic E-state index is 13.8. The summed E-state index contributed by atoms with van der Waals surface area (Å²) in [4.78, 5) is 34.1. The molecule has 0 aromatic carbocycles. The molecule has 166 valence electrons. The lowest BCUT2D eigenvalue weighted by molar-refractivity contribution is -0.126. The smallest absolute Gasteiger partial charge is 0.450 e. The molecule has 0 saturated carbocycles. The van der Waals surface area contributed by atoms with Crippen molar-refractivity contribution in [2.24, 2.45) is 15.9 Å². The highest BCUT2D eigenvalue weighted by Gasteiger charge is 2.42. The normalized spacial score (nSPS) is 30.3. The predicted octanol–water partition coefficient (Wildman–Crippen LogP) is 2.52. The Hall–Kier alpha value is -3.11. The van der Waals surface area contributed by atoms with Gasteiger partial charge in [-0.3, -0.25) is 9.79 Å². The van der Waals surface area contributed by atoms with Crippen LogP contribution in [0.3, 0.4) is 0 Å². The lowest BCUT2D eigenvalue weighted by atomic mass is 9.82. The number of ether oxygens (including phenoxy) is 2. The Kier molecular flexibility index (Phi) is 5.84. The minimum atomic E-state index is -2.98. The SMILES string of the molecule is O=C(O)OC1CC(F)C=CC1C1=NCCC2=C1CN(C1C=CC(OC(F)F)=NC1)C2=O. The summed E-state index contributed by atoms with van der Waals surface area (Å²) in [5.74, 6) is -0.990. The monoisotopic (exact) mass is 439 g/mol. The van der Waals surface area contributed by atoms with Crippen LogP contribution in [0.25, 0.3) is 0 Å². The number of hydrogen-bond acceptors (Lipinski definition) is 6. The van der Waals surface area contributed by atoms with Gasteiger partial charge in [0.05, 0.1) is 24.2 Å². The van der Waals surface area contributed by atoms with E-state index in [1.165, 1.54) is 12.2 Å². The quantitative estimate of drug-likeness (QED) is 0.536. The highest BCUT2D eigenvalue weighted by molar-refractivity contribution is 6.14. The van der Waals surface area contributed by atoms with E-state index in [1.54, 1.807) is 17.1 Å². The van der Waals surface area contributed by atoms with E-state index in [1.807, 2.05) is 0 Å². The predicted molar refractivity (Wildman–Crippen MR) is 103 cm³/mol. The van der Waals surface area contributed by atoms with Gasteiger partial charge in [0.25, 0.3) is 5.91 Å². The molecule has 0 spiro atoms. The highest BCUT2D eigenvalue weighted by atomic mass is 19.3. The van der Waals surface area contributed by atoms with Crippen molar-refractivity contribution < 1.29 is 37.3 Å². The fourth-order valence-corrected chi connectivity index (χ4v) is 4.28. The molecule has 8 nitrogen and oxygen atoms in total. The number of halogens is 3. The molecule has 1 N–H and O–H groups in total. The second kappa shape index (κ2) is 8.56. The first-order valence-corrected chi connectivity index (χ1v) is 9.80. The molecule has 3 heterocycles. The van der Waals surface area contributed by atoms with Gasteiger partial charge in [0.1, 0.15) is 12.3 Å². The zero-order valence-electron chi connectivity index (χ0n) is 16.3. The maximum atomic E-state index is 13.8. The number of rotatable bonds is 4. The van der Waals surface area contributed by atoms with E-state index in [4.69, 9.17) is 9.84 Å². The van der Waals surface area contributed by atoms with Crippen molar-refractivity contribution in [3.63, 3.8) is 0 Å². The zero-order chi connectivity index (χ0) is 22.1. The largest absolute Gasteiger partial charge is 0.506 e. The van der Waals surface area contributed by atoms with Gasteiger partial charge < -0.3 is 19.5 Å². The summed E-state index contributed by atoms with van der Waals surface area (Å²) in [6, 6.07) is -0.437. The van der Waals surface area contributed by atoms with Crippen molar-refractivity contribution in [3.05, 3.63) is 35.5 Å². The average Bonchev–Trinajstić information content (AvgIpc) is 3.05. The third-order valence-corrected chi connectivity index (χ3v) is 5.62. The molecule has 1 amide bonds. The lowest BCUT2D eigenvalue weighted by Gasteiger charge is -2.31. The number of carbonyl (C=O) groups is 2. The van der Waals surface area contributed by atoms with E-state index < -0.39 is 37.0 Å². The van der Waals surface area contributed by atoms with Crippen LogP contribution < -0.4 is 0 Å². The summed E-state index contributed by atoms with van der Waals surface area (Å²) < 4.78 is 47.7. The van der Waals surface area contributed by atoms with Crippen LogP contribution in [0.15, 0.2) is 45.4 Å². The van der Waals surface area contributed by atoms with Gasteiger partial charge in [0, 0.05) is 30.7 Å². The molecule has 4 aliphatic rings. The van der Waals surface area contributed by atoms with Crippen LogP contribution in [-0.2, 0) is 14.3 Å². The fourth-order valence-electron chi connectivity index (χ4n) is 4.28. The van der Waals surface area contributed by atoms with Gasteiger partial charge in [-0.15, -0.1) is 0 Å². The van der Waals surface area contributed by atoms with Crippen molar-refractivity contribution >= 4 is 23.7 Å². The molecule has 3 aliphatic heterocycles. The molecule has 0 fully saturated rings. The van der Waals surface area contributed by atoms with Gasteiger partial charge in [-0.2, -0.15) is 8.78 Å². The minimum absolute atomic E-state index is 0.0783. The third kappa shape index (κ3) is 4.35. The molecular weight excluding hydrogens is 419 g/mol. The summed E-state index contributed by atoms with van der Waals surface area (Å²) >= 11 is 0. The number of alkyl halides is 3. The second-order valence-corrected chi connectivity index (χ2v) is 7.48. The van der Waals surface area contributed by atoms with E-state index in [-0.39, 0.29) is 31.3 Å². The van der Waals surface area contributed by atoms with Crippen LogP contribution in [0.2, 0.25) is 0 Å². The molecule has 0 aromatic heterocycles. The fraction of sp³-hybridized carbons (Fsp3) is 0.500. The van der Waals surface area contributed by atoms with Gasteiger partial charge in [-0.25, -0.2) is 14.2 Å². The van der Waals surface area contributed by atoms with Crippen LogP contribution in [0.1, 0.15) is 12.8 Å². The van der Waals surface area contributed by atoms with Crippen molar-refractivity contribution in [1.82, 2.24) is 4.90 Å². The first kappa shape index (κ1) is 21.1. The van der Waals surface area contributed by atoms with Crippen molar-refractivity contribution in [1.29, 1.82) is 0 Å². The Morgan fingerprint density at radius 1 is 1.23 bits per heavy atom. The molecule has 1 aliphatic carbocycles. The van der Waals surface area contributed by atoms with Crippen LogP contribution >= 0.6 is 0 Å². The van der Waals surface area contributed by atoms with Crippen LogP contribution in [0, 0.1) is 5.92 Å². The summed E-state index contributed by atoms with van der Waals surface area (Å²) in [6.45, 7) is -2.34. The Morgan fingerprint density at radius 3 is 2.71 bits per heavy atom. The molecule has 0 aromatic rings. The maximum Gasteiger partial charge on any atom is 0.506 e. The van der Waals surface area contributed by atoms with Gasteiger partial charge in [-0.1, -0.05) is 18.2 Å². The van der Waals surface area contributed by atoms with Gasteiger partial charge in [-0.05, 0) is 12.5 Å². The van der Waals surface area contributed by atoms with E-state index in [9.17, 15) is 22.8 Å². The summed E-state index contributed by atoms with van der Waals surface area (Å²) in [6.07, 6.45) is 2.32. The second-order valence-electron chi connectivity index (χ2n) is 7.48. The molecule has 31 heavy (non-hydrogen) atoms. The Labute approximate surface area is 175 Å². The zero-order valence-corrected chi connectivity index (χ0v) is 16.3. The molecule has 0 saturated heterocycles. The van der Waals surface area contributed by atoms with Crippen molar-refractivity contribution in [2.75, 3.05) is 19.6 Å². The first-order valence-electron chi connectivity index (χ1n) is 9.80. The first-order chi connectivity index (χ1) is 14.8. The van der Waals surface area contributed by atoms with Gasteiger partial charge >= 0.3 is 12.8 Å². The Balaban J connectivity index is 1.52.